The van der Waals surface area contributed by atoms with Gasteiger partial charge in [-0.1, -0.05) is 6.92 Å². The number of ether oxygens (including phenoxy) is 1. The molecule has 1 aromatic heterocycles. The highest BCUT2D eigenvalue weighted by molar-refractivity contribution is 7.91. The fourth-order valence-electron chi connectivity index (χ4n) is 4.09. The van der Waals surface area contributed by atoms with E-state index in [-0.39, 0.29) is 21.4 Å². The third-order valence-corrected chi connectivity index (χ3v) is 11.3. The number of carbonyl (C=O) groups excluding carboxylic acids is 1. The zero-order valence-electron chi connectivity index (χ0n) is 19.0. The summed E-state index contributed by atoms with van der Waals surface area (Å²) in [5, 5.41) is 2.75. The largest absolute Gasteiger partial charge is 0.379 e. The molecule has 34 heavy (non-hydrogen) atoms. The van der Waals surface area contributed by atoms with Crippen LogP contribution in [0.5, 0.6) is 0 Å². The molecule has 1 aromatic carbocycles. The van der Waals surface area contributed by atoms with Crippen molar-refractivity contribution >= 4 is 43.0 Å². The van der Waals surface area contributed by atoms with E-state index in [0.717, 1.165) is 24.2 Å². The fraction of sp³-hybridized carbons (Fsp3) is 0.500. The average molecular weight is 528 g/mol. The number of nitrogens with zero attached hydrogens (tertiary/aromatic N) is 2. The van der Waals surface area contributed by atoms with Crippen LogP contribution < -0.4 is 5.32 Å². The molecule has 2 saturated heterocycles. The van der Waals surface area contributed by atoms with Gasteiger partial charge in [-0.25, -0.2) is 16.8 Å². The van der Waals surface area contributed by atoms with Gasteiger partial charge in [-0.2, -0.15) is 8.61 Å². The molecule has 9 nitrogen and oxygen atoms in total. The van der Waals surface area contributed by atoms with Crippen LogP contribution >= 0.6 is 11.3 Å². The van der Waals surface area contributed by atoms with Gasteiger partial charge >= 0.3 is 0 Å². The average Bonchev–Trinajstić information content (AvgIpc) is 3.29. The van der Waals surface area contributed by atoms with E-state index in [1.165, 1.54) is 26.8 Å². The SMILES string of the molecule is C[C@H]1CCCN(S(=O)(=O)c2ccc(NC(=O)Cc3ccc(S(=O)(=O)N4CCOCC4)s3)cc2)C1. The quantitative estimate of drug-likeness (QED) is 0.592. The molecule has 3 heterocycles. The van der Waals surface area contributed by atoms with Crippen molar-refractivity contribution in [3.8, 4) is 0 Å². The van der Waals surface area contributed by atoms with E-state index in [4.69, 9.17) is 4.74 Å². The van der Waals surface area contributed by atoms with Gasteiger partial charge in [0.05, 0.1) is 24.5 Å². The standard InChI is InChI=1S/C22H29N3O6S3/c1-17-3-2-10-25(16-17)33(27,28)20-7-4-18(5-8-20)23-21(26)15-19-6-9-22(32-19)34(29,30)24-11-13-31-14-12-24/h4-9,17H,2-3,10-16H2,1H3,(H,23,26)/t17-/m0/s1. The number of hydrogen-bond acceptors (Lipinski definition) is 7. The number of hydrogen-bond donors (Lipinski definition) is 1. The first-order valence-electron chi connectivity index (χ1n) is 11.2. The molecule has 2 aliphatic rings. The Morgan fingerprint density at radius 2 is 1.71 bits per heavy atom. The van der Waals surface area contributed by atoms with Gasteiger partial charge in [0.25, 0.3) is 10.0 Å². The number of anilines is 1. The predicted octanol–water partition coefficient (Wildman–Crippen LogP) is 2.37. The number of sulfonamides is 2. The number of carbonyl (C=O) groups is 1. The van der Waals surface area contributed by atoms with Crippen LogP contribution in [-0.4, -0.2) is 70.7 Å². The molecule has 1 N–H and O–H groups in total. The number of nitrogens with one attached hydrogen (secondary N) is 1. The maximum Gasteiger partial charge on any atom is 0.252 e. The minimum Gasteiger partial charge on any atom is -0.379 e. The Labute approximate surface area is 204 Å². The van der Waals surface area contributed by atoms with Crippen LogP contribution in [-0.2, 0) is 36.0 Å². The predicted molar refractivity (Wildman–Crippen MR) is 130 cm³/mol. The van der Waals surface area contributed by atoms with Crippen molar-refractivity contribution in [1.29, 1.82) is 0 Å². The van der Waals surface area contributed by atoms with Crippen molar-refractivity contribution in [1.82, 2.24) is 8.61 Å². The molecule has 1 amide bonds. The molecule has 1 atom stereocenters. The molecule has 0 aliphatic carbocycles. The lowest BCUT2D eigenvalue weighted by atomic mass is 10.0. The van der Waals surface area contributed by atoms with E-state index < -0.39 is 20.0 Å². The summed E-state index contributed by atoms with van der Waals surface area (Å²) < 4.78 is 59.6. The Bertz CT molecular complexity index is 1220. The highest BCUT2D eigenvalue weighted by Gasteiger charge is 2.29. The Kier molecular flexibility index (Phi) is 7.75. The Hall–Kier alpha value is -1.83. The topological polar surface area (TPSA) is 113 Å². The van der Waals surface area contributed by atoms with Crippen molar-refractivity contribution in [3.63, 3.8) is 0 Å². The first-order chi connectivity index (χ1) is 16.2. The van der Waals surface area contributed by atoms with Crippen LogP contribution in [0.3, 0.4) is 0 Å². The van der Waals surface area contributed by atoms with Crippen LogP contribution in [0.2, 0.25) is 0 Å². The molecule has 186 valence electrons. The van der Waals surface area contributed by atoms with Crippen molar-refractivity contribution in [2.75, 3.05) is 44.7 Å². The molecule has 0 radical (unpaired) electrons. The summed E-state index contributed by atoms with van der Waals surface area (Å²) >= 11 is 1.08. The van der Waals surface area contributed by atoms with Gasteiger partial charge in [0.1, 0.15) is 4.21 Å². The summed E-state index contributed by atoms with van der Waals surface area (Å²) in [4.78, 5) is 13.3. The summed E-state index contributed by atoms with van der Waals surface area (Å²) in [6.45, 7) is 4.47. The molecule has 2 aromatic rings. The lowest BCUT2D eigenvalue weighted by Crippen LogP contribution is -2.40. The third kappa shape index (κ3) is 5.69. The second-order valence-electron chi connectivity index (χ2n) is 8.60. The molecule has 0 saturated carbocycles. The lowest BCUT2D eigenvalue weighted by Gasteiger charge is -2.30. The van der Waals surface area contributed by atoms with E-state index in [9.17, 15) is 21.6 Å². The van der Waals surface area contributed by atoms with E-state index >= 15 is 0 Å². The maximum absolute atomic E-state index is 12.9. The first-order valence-corrected chi connectivity index (χ1v) is 14.9. The second kappa shape index (κ2) is 10.4. The molecule has 4 rings (SSSR count). The number of benzene rings is 1. The summed E-state index contributed by atoms with van der Waals surface area (Å²) in [5.74, 6) is 0.0290. The highest BCUT2D eigenvalue weighted by Crippen LogP contribution is 2.27. The maximum atomic E-state index is 12.9. The van der Waals surface area contributed by atoms with E-state index in [0.29, 0.717) is 55.9 Å². The number of thiophene rings is 1. The Balaban J connectivity index is 1.36. The monoisotopic (exact) mass is 527 g/mol. The number of morpholine rings is 1. The molecular formula is C22H29N3O6S3. The van der Waals surface area contributed by atoms with Gasteiger partial charge in [0.15, 0.2) is 0 Å². The Morgan fingerprint density at radius 1 is 1.00 bits per heavy atom. The summed E-state index contributed by atoms with van der Waals surface area (Å²) in [6, 6.07) is 9.32. The third-order valence-electron chi connectivity index (χ3n) is 5.93. The van der Waals surface area contributed by atoms with Crippen molar-refractivity contribution in [3.05, 3.63) is 41.3 Å². The molecular weight excluding hydrogens is 498 g/mol. The first kappa shape index (κ1) is 25.3. The highest BCUT2D eigenvalue weighted by atomic mass is 32.2. The van der Waals surface area contributed by atoms with Gasteiger partial charge < -0.3 is 10.1 Å². The number of amides is 1. The molecule has 12 heteroatoms. The zero-order chi connectivity index (χ0) is 24.3. The Morgan fingerprint density at radius 3 is 2.38 bits per heavy atom. The minimum atomic E-state index is -3.59. The van der Waals surface area contributed by atoms with Crippen LogP contribution in [0.15, 0.2) is 45.5 Å². The molecule has 0 bridgehead atoms. The summed E-state index contributed by atoms with van der Waals surface area (Å²) in [5.41, 5.74) is 0.480. The normalized spacial score (nSPS) is 20.8. The molecule has 2 aliphatic heterocycles. The second-order valence-corrected chi connectivity index (χ2v) is 13.9. The van der Waals surface area contributed by atoms with E-state index in [2.05, 4.69) is 12.2 Å². The van der Waals surface area contributed by atoms with Gasteiger partial charge in [0.2, 0.25) is 15.9 Å². The van der Waals surface area contributed by atoms with Crippen LogP contribution in [0.4, 0.5) is 5.69 Å². The van der Waals surface area contributed by atoms with Crippen LogP contribution in [0.25, 0.3) is 0 Å². The van der Waals surface area contributed by atoms with Gasteiger partial charge in [-0.3, -0.25) is 4.79 Å². The summed E-state index contributed by atoms with van der Waals surface area (Å²) in [7, 11) is -7.14. The van der Waals surface area contributed by atoms with E-state index in [1.54, 1.807) is 18.2 Å². The smallest absolute Gasteiger partial charge is 0.252 e. The minimum absolute atomic E-state index is 0.0228. The van der Waals surface area contributed by atoms with E-state index in [1.807, 2.05) is 0 Å². The van der Waals surface area contributed by atoms with Gasteiger partial charge in [-0.15, -0.1) is 11.3 Å². The number of piperidine rings is 1. The lowest BCUT2D eigenvalue weighted by molar-refractivity contribution is -0.115. The zero-order valence-corrected chi connectivity index (χ0v) is 21.4. The fourth-order valence-corrected chi connectivity index (χ4v) is 8.61. The molecule has 0 spiro atoms. The molecule has 2 fully saturated rings. The van der Waals surface area contributed by atoms with Crippen molar-refractivity contribution in [2.45, 2.75) is 35.3 Å². The number of rotatable bonds is 7. The van der Waals surface area contributed by atoms with Crippen LogP contribution in [0.1, 0.15) is 24.6 Å². The van der Waals surface area contributed by atoms with Crippen molar-refractivity contribution < 1.29 is 26.4 Å². The van der Waals surface area contributed by atoms with Crippen molar-refractivity contribution in [2.24, 2.45) is 5.92 Å². The van der Waals surface area contributed by atoms with Gasteiger partial charge in [0, 0.05) is 36.7 Å². The van der Waals surface area contributed by atoms with Crippen LogP contribution in [0, 0.1) is 5.92 Å². The van der Waals surface area contributed by atoms with Gasteiger partial charge in [-0.05, 0) is 55.2 Å². The molecule has 0 unspecified atom stereocenters. The summed E-state index contributed by atoms with van der Waals surface area (Å²) in [6.07, 6.45) is 1.91.